The predicted octanol–water partition coefficient (Wildman–Crippen LogP) is 3.97. The normalized spacial score (nSPS) is 10.7. The van der Waals surface area contributed by atoms with Crippen LogP contribution in [0, 0.1) is 6.92 Å². The van der Waals surface area contributed by atoms with Crippen LogP contribution in [0.15, 0.2) is 48.2 Å². The van der Waals surface area contributed by atoms with Crippen molar-refractivity contribution in [3.8, 4) is 0 Å². The molecule has 6 nitrogen and oxygen atoms in total. The lowest BCUT2D eigenvalue weighted by Crippen LogP contribution is -2.39. The van der Waals surface area contributed by atoms with Crippen LogP contribution in [-0.4, -0.2) is 25.5 Å². The smallest absolute Gasteiger partial charge is 0.318 e. The van der Waals surface area contributed by atoms with Gasteiger partial charge in [0.25, 0.3) is 0 Å². The summed E-state index contributed by atoms with van der Waals surface area (Å²) in [6, 6.07) is 7.73. The molecule has 0 aromatic carbocycles. The lowest BCUT2D eigenvalue weighted by atomic mass is 10.2. The Hall–Kier alpha value is -2.67. The van der Waals surface area contributed by atoms with Gasteiger partial charge >= 0.3 is 6.03 Å². The highest BCUT2D eigenvalue weighted by Gasteiger charge is 2.17. The van der Waals surface area contributed by atoms with Crippen molar-refractivity contribution in [1.29, 1.82) is 0 Å². The molecule has 0 saturated carbocycles. The van der Waals surface area contributed by atoms with Crippen molar-refractivity contribution in [2.75, 3.05) is 0 Å². The van der Waals surface area contributed by atoms with Gasteiger partial charge in [-0.3, -0.25) is 4.98 Å². The number of carbonyl (C=O) groups is 1. The zero-order chi connectivity index (χ0) is 19.1. The van der Waals surface area contributed by atoms with Crippen LogP contribution in [0.1, 0.15) is 35.3 Å². The Balaban J connectivity index is 1.69. The zero-order valence-electron chi connectivity index (χ0n) is 15.8. The SMILES string of the molecule is CCCn1ccnc1CNC(=O)N(Cc1ccccn1)Cc1sccc1C. The van der Waals surface area contributed by atoms with E-state index in [0.717, 1.165) is 24.5 Å². The number of carbonyl (C=O) groups excluding carboxylic acids is 1. The summed E-state index contributed by atoms with van der Waals surface area (Å²) in [5.74, 6) is 0.871. The number of nitrogens with one attached hydrogen (secondary N) is 1. The Morgan fingerprint density at radius 2 is 2.11 bits per heavy atom. The van der Waals surface area contributed by atoms with E-state index < -0.39 is 0 Å². The van der Waals surface area contributed by atoms with Gasteiger partial charge in [-0.05, 0) is 42.5 Å². The van der Waals surface area contributed by atoms with E-state index >= 15 is 0 Å². The van der Waals surface area contributed by atoms with E-state index in [1.165, 1.54) is 10.4 Å². The molecule has 0 radical (unpaired) electrons. The third-order valence-electron chi connectivity index (χ3n) is 4.33. The molecule has 0 aliphatic rings. The monoisotopic (exact) mass is 383 g/mol. The highest BCUT2D eigenvalue weighted by molar-refractivity contribution is 7.10. The first-order valence-corrected chi connectivity index (χ1v) is 10.0. The molecular formula is C20H25N5OS. The largest absolute Gasteiger partial charge is 0.333 e. The summed E-state index contributed by atoms with van der Waals surface area (Å²) in [6.45, 7) is 6.54. The molecule has 3 heterocycles. The number of amides is 2. The van der Waals surface area contributed by atoms with Crippen LogP contribution in [0.5, 0.6) is 0 Å². The number of thiophene rings is 1. The van der Waals surface area contributed by atoms with E-state index in [1.807, 2.05) is 24.4 Å². The fraction of sp³-hybridized carbons (Fsp3) is 0.350. The first kappa shape index (κ1) is 19.1. The van der Waals surface area contributed by atoms with Crippen LogP contribution in [0.4, 0.5) is 4.79 Å². The molecule has 0 spiro atoms. The van der Waals surface area contributed by atoms with Crippen molar-refractivity contribution in [2.45, 2.75) is 46.4 Å². The maximum atomic E-state index is 12.9. The number of hydrogen-bond donors (Lipinski definition) is 1. The first-order valence-electron chi connectivity index (χ1n) is 9.13. The van der Waals surface area contributed by atoms with Gasteiger partial charge < -0.3 is 14.8 Å². The third kappa shape index (κ3) is 5.17. The third-order valence-corrected chi connectivity index (χ3v) is 5.34. The average molecular weight is 384 g/mol. The van der Waals surface area contributed by atoms with E-state index in [-0.39, 0.29) is 6.03 Å². The van der Waals surface area contributed by atoms with Crippen LogP contribution in [0.3, 0.4) is 0 Å². The summed E-state index contributed by atoms with van der Waals surface area (Å²) in [5, 5.41) is 5.08. The molecule has 3 aromatic rings. The highest BCUT2D eigenvalue weighted by Crippen LogP contribution is 2.19. The molecule has 2 amide bonds. The van der Waals surface area contributed by atoms with Gasteiger partial charge in [-0.15, -0.1) is 11.3 Å². The molecule has 0 atom stereocenters. The Morgan fingerprint density at radius 3 is 2.81 bits per heavy atom. The Morgan fingerprint density at radius 1 is 1.22 bits per heavy atom. The van der Waals surface area contributed by atoms with Crippen LogP contribution in [-0.2, 0) is 26.2 Å². The van der Waals surface area contributed by atoms with Crippen molar-refractivity contribution in [3.05, 3.63) is 70.2 Å². The molecule has 7 heteroatoms. The van der Waals surface area contributed by atoms with E-state index in [2.05, 4.69) is 45.1 Å². The lowest BCUT2D eigenvalue weighted by Gasteiger charge is -2.23. The van der Waals surface area contributed by atoms with Crippen molar-refractivity contribution in [2.24, 2.45) is 0 Å². The maximum Gasteiger partial charge on any atom is 0.318 e. The molecule has 1 N–H and O–H groups in total. The minimum atomic E-state index is -0.112. The van der Waals surface area contributed by atoms with Crippen LogP contribution in [0.25, 0.3) is 0 Å². The minimum absolute atomic E-state index is 0.112. The number of imidazole rings is 1. The number of rotatable bonds is 8. The van der Waals surface area contributed by atoms with E-state index in [9.17, 15) is 4.79 Å². The first-order chi connectivity index (χ1) is 13.2. The predicted molar refractivity (Wildman–Crippen MR) is 107 cm³/mol. The van der Waals surface area contributed by atoms with Crippen LogP contribution >= 0.6 is 11.3 Å². The van der Waals surface area contributed by atoms with Crippen LogP contribution in [0.2, 0.25) is 0 Å². The van der Waals surface area contributed by atoms with Crippen molar-refractivity contribution < 1.29 is 4.79 Å². The summed E-state index contributed by atoms with van der Waals surface area (Å²) in [4.78, 5) is 24.6. The van der Waals surface area contributed by atoms with Gasteiger partial charge in [-0.2, -0.15) is 0 Å². The Labute approximate surface area is 163 Å². The summed E-state index contributed by atoms with van der Waals surface area (Å²) >= 11 is 1.67. The van der Waals surface area contributed by atoms with E-state index in [4.69, 9.17) is 0 Å². The highest BCUT2D eigenvalue weighted by atomic mass is 32.1. The lowest BCUT2D eigenvalue weighted by molar-refractivity contribution is 0.191. The van der Waals surface area contributed by atoms with Gasteiger partial charge in [0, 0.05) is 30.0 Å². The van der Waals surface area contributed by atoms with Crippen molar-refractivity contribution in [1.82, 2.24) is 24.8 Å². The molecule has 0 unspecified atom stereocenters. The minimum Gasteiger partial charge on any atom is -0.333 e. The quantitative estimate of drug-likeness (QED) is 0.640. The fourth-order valence-corrected chi connectivity index (χ4v) is 3.77. The molecule has 0 bridgehead atoms. The molecule has 142 valence electrons. The Bertz CT molecular complexity index is 858. The fourth-order valence-electron chi connectivity index (χ4n) is 2.84. The molecule has 0 fully saturated rings. The van der Waals surface area contributed by atoms with Crippen LogP contribution < -0.4 is 5.32 Å². The average Bonchev–Trinajstić information content (AvgIpc) is 3.29. The summed E-state index contributed by atoms with van der Waals surface area (Å²) in [6.07, 6.45) is 6.51. The van der Waals surface area contributed by atoms with E-state index in [0.29, 0.717) is 19.6 Å². The van der Waals surface area contributed by atoms with Gasteiger partial charge in [0.2, 0.25) is 0 Å². The number of urea groups is 1. The molecule has 0 aliphatic heterocycles. The topological polar surface area (TPSA) is 63.1 Å². The second-order valence-electron chi connectivity index (χ2n) is 6.40. The van der Waals surface area contributed by atoms with Crippen molar-refractivity contribution >= 4 is 17.4 Å². The summed E-state index contributed by atoms with van der Waals surface area (Å²) < 4.78 is 2.08. The molecule has 0 saturated heterocycles. The van der Waals surface area contributed by atoms with Gasteiger partial charge in [0.1, 0.15) is 5.82 Å². The second-order valence-corrected chi connectivity index (χ2v) is 7.40. The van der Waals surface area contributed by atoms with Gasteiger partial charge in [-0.25, -0.2) is 9.78 Å². The van der Waals surface area contributed by atoms with Crippen molar-refractivity contribution in [3.63, 3.8) is 0 Å². The number of aromatic nitrogens is 3. The standard InChI is InChI=1S/C20H25N5OS/c1-3-10-24-11-9-22-19(24)13-23-20(26)25(14-17-6-4-5-8-21-17)15-18-16(2)7-12-27-18/h4-9,11-12H,3,10,13-15H2,1-2H3,(H,23,26). The molecular weight excluding hydrogens is 358 g/mol. The molecule has 3 rings (SSSR count). The molecule has 0 aliphatic carbocycles. The zero-order valence-corrected chi connectivity index (χ0v) is 16.6. The second kappa shape index (κ2) is 9.32. The molecule has 27 heavy (non-hydrogen) atoms. The van der Waals surface area contributed by atoms with E-state index in [1.54, 1.807) is 28.6 Å². The maximum absolute atomic E-state index is 12.9. The van der Waals surface area contributed by atoms with Gasteiger partial charge in [0.15, 0.2) is 0 Å². The number of nitrogens with zero attached hydrogens (tertiary/aromatic N) is 4. The summed E-state index contributed by atoms with van der Waals surface area (Å²) in [5.41, 5.74) is 2.08. The number of aryl methyl sites for hydroxylation is 2. The van der Waals surface area contributed by atoms with Gasteiger partial charge in [-0.1, -0.05) is 13.0 Å². The summed E-state index contributed by atoms with van der Waals surface area (Å²) in [7, 11) is 0. The number of hydrogen-bond acceptors (Lipinski definition) is 4. The number of pyridine rings is 1. The Kier molecular flexibility index (Phi) is 6.59. The van der Waals surface area contributed by atoms with Gasteiger partial charge in [0.05, 0.1) is 25.3 Å². The molecule has 3 aromatic heterocycles.